The Hall–Kier alpha value is -0.120. The minimum absolute atomic E-state index is 0.538. The molecule has 106 valence electrons. The zero-order chi connectivity index (χ0) is 12.8. The Morgan fingerprint density at radius 1 is 1.39 bits per heavy atom. The van der Waals surface area contributed by atoms with Gasteiger partial charge in [-0.3, -0.25) is 0 Å². The normalized spacial score (nSPS) is 32.3. The van der Waals surface area contributed by atoms with Crippen molar-refractivity contribution in [3.05, 3.63) is 0 Å². The lowest BCUT2D eigenvalue weighted by atomic mass is 9.97. The van der Waals surface area contributed by atoms with Gasteiger partial charge in [-0.1, -0.05) is 20.3 Å². The summed E-state index contributed by atoms with van der Waals surface area (Å²) >= 11 is 0. The highest BCUT2D eigenvalue weighted by Gasteiger charge is 2.23. The maximum absolute atomic E-state index is 5.82. The van der Waals surface area contributed by atoms with Crippen LogP contribution in [0.15, 0.2) is 0 Å². The lowest BCUT2D eigenvalue weighted by molar-refractivity contribution is 0.00342. The van der Waals surface area contributed by atoms with Crippen LogP contribution in [0, 0.1) is 5.92 Å². The van der Waals surface area contributed by atoms with Crippen LogP contribution in [-0.4, -0.2) is 49.8 Å². The largest absolute Gasteiger partial charge is 0.378 e. The van der Waals surface area contributed by atoms with Crippen LogP contribution in [-0.2, 0) is 4.74 Å². The third-order valence-corrected chi connectivity index (χ3v) is 4.66. The number of nitrogens with zero attached hydrogens (tertiary/aromatic N) is 1. The molecule has 0 saturated carbocycles. The van der Waals surface area contributed by atoms with Gasteiger partial charge in [0.1, 0.15) is 0 Å². The molecule has 0 aromatic rings. The molecule has 0 amide bonds. The Balaban J connectivity index is 1.68. The summed E-state index contributed by atoms with van der Waals surface area (Å²) in [7, 11) is 0. The van der Waals surface area contributed by atoms with Gasteiger partial charge in [0.2, 0.25) is 0 Å². The highest BCUT2D eigenvalue weighted by Crippen LogP contribution is 2.17. The highest BCUT2D eigenvalue weighted by molar-refractivity contribution is 4.82. The van der Waals surface area contributed by atoms with Crippen molar-refractivity contribution in [1.29, 1.82) is 0 Å². The second-order valence-electron chi connectivity index (χ2n) is 6.02. The molecular weight excluding hydrogens is 224 g/mol. The number of rotatable bonds is 5. The minimum atomic E-state index is 0.538. The lowest BCUT2D eigenvalue weighted by Gasteiger charge is -2.37. The highest BCUT2D eigenvalue weighted by atomic mass is 16.5. The fourth-order valence-electron chi connectivity index (χ4n) is 3.07. The molecule has 2 saturated heterocycles. The molecule has 2 fully saturated rings. The molecule has 0 spiro atoms. The van der Waals surface area contributed by atoms with Crippen LogP contribution in [0.3, 0.4) is 0 Å². The molecule has 2 rings (SSSR count). The van der Waals surface area contributed by atoms with Crippen molar-refractivity contribution in [3.8, 4) is 0 Å². The van der Waals surface area contributed by atoms with E-state index in [9.17, 15) is 0 Å². The molecule has 1 N–H and O–H groups in total. The number of hydrogen-bond acceptors (Lipinski definition) is 3. The van der Waals surface area contributed by atoms with Gasteiger partial charge in [0.15, 0.2) is 0 Å². The van der Waals surface area contributed by atoms with Crippen LogP contribution in [0.4, 0.5) is 0 Å². The summed E-state index contributed by atoms with van der Waals surface area (Å²) in [5.74, 6) is 0.790. The van der Waals surface area contributed by atoms with E-state index in [0.717, 1.165) is 19.1 Å². The van der Waals surface area contributed by atoms with Gasteiger partial charge in [-0.15, -0.1) is 0 Å². The monoisotopic (exact) mass is 254 g/mol. The third-order valence-electron chi connectivity index (χ3n) is 4.66. The topological polar surface area (TPSA) is 24.5 Å². The number of ether oxygens (including phenoxy) is 1. The predicted molar refractivity (Wildman–Crippen MR) is 75.9 cm³/mol. The van der Waals surface area contributed by atoms with Crippen LogP contribution >= 0.6 is 0 Å². The fraction of sp³-hybridized carbons (Fsp3) is 1.00. The average molecular weight is 254 g/mol. The van der Waals surface area contributed by atoms with Crippen molar-refractivity contribution in [2.24, 2.45) is 5.92 Å². The van der Waals surface area contributed by atoms with E-state index in [4.69, 9.17) is 4.74 Å². The van der Waals surface area contributed by atoms with Gasteiger partial charge in [-0.05, 0) is 31.6 Å². The van der Waals surface area contributed by atoms with Gasteiger partial charge in [-0.25, -0.2) is 0 Å². The molecule has 0 aromatic heterocycles. The third kappa shape index (κ3) is 4.22. The van der Waals surface area contributed by atoms with E-state index in [2.05, 4.69) is 24.1 Å². The van der Waals surface area contributed by atoms with Crippen molar-refractivity contribution in [1.82, 2.24) is 10.2 Å². The Labute approximate surface area is 112 Å². The Bertz CT molecular complexity index is 229. The molecule has 0 aliphatic carbocycles. The Morgan fingerprint density at radius 3 is 3.00 bits per heavy atom. The van der Waals surface area contributed by atoms with Gasteiger partial charge >= 0.3 is 0 Å². The Kier molecular flexibility index (Phi) is 5.93. The average Bonchev–Trinajstić information content (AvgIpc) is 2.45. The van der Waals surface area contributed by atoms with Gasteiger partial charge in [0.05, 0.1) is 6.10 Å². The summed E-state index contributed by atoms with van der Waals surface area (Å²) in [5.41, 5.74) is 0. The van der Waals surface area contributed by atoms with Crippen molar-refractivity contribution < 1.29 is 4.74 Å². The summed E-state index contributed by atoms with van der Waals surface area (Å²) in [6.45, 7) is 10.5. The summed E-state index contributed by atoms with van der Waals surface area (Å²) in [6.07, 6.45) is 6.95. The van der Waals surface area contributed by atoms with Crippen LogP contribution in [0.2, 0.25) is 0 Å². The molecule has 18 heavy (non-hydrogen) atoms. The molecule has 0 aromatic carbocycles. The Morgan fingerprint density at radius 2 is 2.28 bits per heavy atom. The molecule has 3 atom stereocenters. The van der Waals surface area contributed by atoms with E-state index in [1.807, 2.05) is 0 Å². The van der Waals surface area contributed by atoms with Crippen LogP contribution in [0.5, 0.6) is 0 Å². The van der Waals surface area contributed by atoms with Gasteiger partial charge < -0.3 is 15.0 Å². The van der Waals surface area contributed by atoms with Crippen molar-refractivity contribution in [3.63, 3.8) is 0 Å². The van der Waals surface area contributed by atoms with E-state index in [0.29, 0.717) is 12.1 Å². The number of hydrogen-bond donors (Lipinski definition) is 1. The molecule has 3 nitrogen and oxygen atoms in total. The van der Waals surface area contributed by atoms with Crippen LogP contribution in [0.1, 0.15) is 46.0 Å². The van der Waals surface area contributed by atoms with Gasteiger partial charge in [0, 0.05) is 38.8 Å². The molecule has 0 radical (unpaired) electrons. The van der Waals surface area contributed by atoms with E-state index in [-0.39, 0.29) is 0 Å². The maximum atomic E-state index is 5.82. The molecule has 0 bridgehead atoms. The fourth-order valence-corrected chi connectivity index (χ4v) is 3.07. The quantitative estimate of drug-likeness (QED) is 0.814. The van der Waals surface area contributed by atoms with E-state index in [1.165, 1.54) is 51.7 Å². The second-order valence-corrected chi connectivity index (χ2v) is 6.02. The molecule has 2 aliphatic rings. The van der Waals surface area contributed by atoms with E-state index < -0.39 is 0 Å². The van der Waals surface area contributed by atoms with Crippen LogP contribution in [0.25, 0.3) is 0 Å². The minimum Gasteiger partial charge on any atom is -0.378 e. The zero-order valence-electron chi connectivity index (χ0n) is 12.2. The summed E-state index contributed by atoms with van der Waals surface area (Å²) in [5, 5.41) is 3.66. The lowest BCUT2D eigenvalue weighted by Crippen LogP contribution is -2.53. The van der Waals surface area contributed by atoms with Gasteiger partial charge in [0.25, 0.3) is 0 Å². The van der Waals surface area contributed by atoms with Crippen molar-refractivity contribution in [2.75, 3.05) is 32.8 Å². The number of piperazine rings is 1. The molecular formula is C15H30N2O. The first-order chi connectivity index (χ1) is 8.79. The first-order valence-electron chi connectivity index (χ1n) is 7.87. The molecule has 2 heterocycles. The molecule has 2 aliphatic heterocycles. The van der Waals surface area contributed by atoms with E-state index in [1.54, 1.807) is 0 Å². The SMILES string of the molecule is CCC(C)C1CN(CCC2CCCCO2)CCN1. The zero-order valence-corrected chi connectivity index (χ0v) is 12.2. The summed E-state index contributed by atoms with van der Waals surface area (Å²) in [4.78, 5) is 2.63. The first-order valence-corrected chi connectivity index (χ1v) is 7.87. The summed E-state index contributed by atoms with van der Waals surface area (Å²) in [6, 6.07) is 0.691. The van der Waals surface area contributed by atoms with Crippen molar-refractivity contribution >= 4 is 0 Å². The predicted octanol–water partition coefficient (Wildman–Crippen LogP) is 2.27. The standard InChI is InChI=1S/C15H30N2O/c1-3-13(2)15-12-17(10-8-16-15)9-7-14-6-4-5-11-18-14/h13-16H,3-12H2,1-2H3. The van der Waals surface area contributed by atoms with Gasteiger partial charge in [-0.2, -0.15) is 0 Å². The first kappa shape index (κ1) is 14.3. The van der Waals surface area contributed by atoms with E-state index >= 15 is 0 Å². The summed E-state index contributed by atoms with van der Waals surface area (Å²) < 4.78 is 5.82. The van der Waals surface area contributed by atoms with Crippen LogP contribution < -0.4 is 5.32 Å². The molecule has 3 heteroatoms. The van der Waals surface area contributed by atoms with Crippen molar-refractivity contribution in [2.45, 2.75) is 58.1 Å². The second kappa shape index (κ2) is 7.46. The number of nitrogens with one attached hydrogen (secondary N) is 1. The smallest absolute Gasteiger partial charge is 0.0587 e. The molecule has 3 unspecified atom stereocenters. The maximum Gasteiger partial charge on any atom is 0.0587 e.